The lowest BCUT2D eigenvalue weighted by atomic mass is 10.1. The lowest BCUT2D eigenvalue weighted by molar-refractivity contribution is 0.0613. The summed E-state index contributed by atoms with van der Waals surface area (Å²) >= 11 is 0. The highest BCUT2D eigenvalue weighted by molar-refractivity contribution is 7.89. The van der Waals surface area contributed by atoms with Gasteiger partial charge in [0.25, 0.3) is 0 Å². The van der Waals surface area contributed by atoms with E-state index in [9.17, 15) is 13.5 Å². The van der Waals surface area contributed by atoms with Crippen LogP contribution in [0.3, 0.4) is 0 Å². The molecule has 0 aliphatic rings. The van der Waals surface area contributed by atoms with Crippen LogP contribution >= 0.6 is 0 Å². The molecule has 0 fully saturated rings. The van der Waals surface area contributed by atoms with E-state index in [0.29, 0.717) is 11.3 Å². The van der Waals surface area contributed by atoms with E-state index in [1.54, 1.807) is 20.8 Å². The van der Waals surface area contributed by atoms with E-state index in [0.717, 1.165) is 16.7 Å². The third kappa shape index (κ3) is 4.03. The summed E-state index contributed by atoms with van der Waals surface area (Å²) in [5.41, 5.74) is 1.45. The Morgan fingerprint density at radius 1 is 1.21 bits per heavy atom. The molecular weight excluding hydrogens is 262 g/mol. The van der Waals surface area contributed by atoms with Crippen LogP contribution in [0, 0.1) is 20.8 Å². The number of hydrogen-bond acceptors (Lipinski definition) is 3. The van der Waals surface area contributed by atoms with Crippen LogP contribution in [0.4, 0.5) is 0 Å². The molecule has 0 aliphatic heterocycles. The van der Waals surface area contributed by atoms with Gasteiger partial charge in [-0.2, -0.15) is 0 Å². The molecule has 0 bridgehead atoms. The molecule has 1 aromatic carbocycles. The zero-order valence-electron chi connectivity index (χ0n) is 12.2. The number of aryl methyl sites for hydroxylation is 3. The van der Waals surface area contributed by atoms with E-state index in [1.807, 2.05) is 26.0 Å². The van der Waals surface area contributed by atoms with Crippen LogP contribution in [0.5, 0.6) is 0 Å². The fourth-order valence-electron chi connectivity index (χ4n) is 2.04. The maximum atomic E-state index is 12.3. The number of hydrogen-bond donors (Lipinski definition) is 2. The molecular formula is C14H23NO3S. The second-order valence-corrected chi connectivity index (χ2v) is 7.11. The van der Waals surface area contributed by atoms with E-state index >= 15 is 0 Å². The van der Waals surface area contributed by atoms with Gasteiger partial charge in [0.05, 0.1) is 10.5 Å². The van der Waals surface area contributed by atoms with Gasteiger partial charge >= 0.3 is 0 Å². The predicted octanol–water partition coefficient (Wildman–Crippen LogP) is 2.05. The molecule has 5 heteroatoms. The lowest BCUT2D eigenvalue weighted by Gasteiger charge is -2.22. The molecule has 1 rings (SSSR count). The third-order valence-electron chi connectivity index (χ3n) is 3.28. The molecule has 1 unspecified atom stereocenters. The first-order chi connectivity index (χ1) is 8.59. The molecule has 0 heterocycles. The van der Waals surface area contributed by atoms with Crippen molar-refractivity contribution in [3.8, 4) is 0 Å². The van der Waals surface area contributed by atoms with Crippen molar-refractivity contribution in [2.24, 2.45) is 0 Å². The molecule has 1 aromatic rings. The molecule has 0 saturated heterocycles. The summed E-state index contributed by atoms with van der Waals surface area (Å²) in [7, 11) is -3.59. The van der Waals surface area contributed by atoms with Crippen LogP contribution in [0.25, 0.3) is 0 Å². The Kier molecular flexibility index (Phi) is 4.76. The number of sulfonamides is 1. The van der Waals surface area contributed by atoms with Gasteiger partial charge < -0.3 is 5.11 Å². The van der Waals surface area contributed by atoms with Gasteiger partial charge in [-0.15, -0.1) is 0 Å². The van der Waals surface area contributed by atoms with Gasteiger partial charge in [-0.05, 0) is 45.2 Å². The average Bonchev–Trinajstić information content (AvgIpc) is 2.25. The highest BCUT2D eigenvalue weighted by atomic mass is 32.2. The molecule has 0 amide bonds. The van der Waals surface area contributed by atoms with Gasteiger partial charge in [-0.25, -0.2) is 13.1 Å². The van der Waals surface area contributed by atoms with Crippen molar-refractivity contribution in [2.75, 3.05) is 6.54 Å². The number of rotatable bonds is 5. The fraction of sp³-hybridized carbons (Fsp3) is 0.571. The SMILES string of the molecule is CCC(C)(O)CNS(=O)(=O)c1c(C)cc(C)cc1C. The van der Waals surface area contributed by atoms with Crippen molar-refractivity contribution in [3.63, 3.8) is 0 Å². The number of aliphatic hydroxyl groups is 1. The van der Waals surface area contributed by atoms with E-state index in [4.69, 9.17) is 0 Å². The summed E-state index contributed by atoms with van der Waals surface area (Å²) in [5, 5.41) is 9.89. The second kappa shape index (κ2) is 5.61. The molecule has 4 nitrogen and oxygen atoms in total. The number of nitrogens with one attached hydrogen (secondary N) is 1. The molecule has 19 heavy (non-hydrogen) atoms. The minimum Gasteiger partial charge on any atom is -0.389 e. The first-order valence-electron chi connectivity index (χ1n) is 6.39. The van der Waals surface area contributed by atoms with Gasteiger partial charge in [0, 0.05) is 6.54 Å². The maximum absolute atomic E-state index is 12.3. The molecule has 0 radical (unpaired) electrons. The summed E-state index contributed by atoms with van der Waals surface area (Å²) in [4.78, 5) is 0.310. The zero-order chi connectivity index (χ0) is 14.8. The summed E-state index contributed by atoms with van der Waals surface area (Å²) in [6, 6.07) is 3.69. The van der Waals surface area contributed by atoms with Crippen LogP contribution in [0.1, 0.15) is 37.0 Å². The summed E-state index contributed by atoms with van der Waals surface area (Å²) in [5.74, 6) is 0. The van der Waals surface area contributed by atoms with Gasteiger partial charge in [0.2, 0.25) is 10.0 Å². The Hall–Kier alpha value is -0.910. The fourth-order valence-corrected chi connectivity index (χ4v) is 3.65. The minimum absolute atomic E-state index is 0.0125. The molecule has 0 spiro atoms. The zero-order valence-corrected chi connectivity index (χ0v) is 13.1. The van der Waals surface area contributed by atoms with Gasteiger partial charge in [0.15, 0.2) is 0 Å². The standard InChI is InChI=1S/C14H23NO3S/c1-6-14(5,16)9-15-19(17,18)13-11(3)7-10(2)8-12(13)4/h7-8,15-16H,6,9H2,1-5H3. The smallest absolute Gasteiger partial charge is 0.241 e. The quantitative estimate of drug-likeness (QED) is 0.870. The van der Waals surface area contributed by atoms with Crippen LogP contribution in [-0.2, 0) is 10.0 Å². The molecule has 1 atom stereocenters. The van der Waals surface area contributed by atoms with Gasteiger partial charge in [-0.1, -0.05) is 24.6 Å². The Labute approximate surface area is 115 Å². The Bertz CT molecular complexity index is 539. The van der Waals surface area contributed by atoms with Crippen molar-refractivity contribution < 1.29 is 13.5 Å². The van der Waals surface area contributed by atoms with Crippen molar-refractivity contribution in [3.05, 3.63) is 28.8 Å². The third-order valence-corrected chi connectivity index (χ3v) is 4.98. The topological polar surface area (TPSA) is 66.4 Å². The molecule has 0 aliphatic carbocycles. The van der Waals surface area contributed by atoms with Crippen LogP contribution in [0.2, 0.25) is 0 Å². The first-order valence-corrected chi connectivity index (χ1v) is 7.87. The first kappa shape index (κ1) is 16.1. The van der Waals surface area contributed by atoms with Crippen molar-refractivity contribution in [1.82, 2.24) is 4.72 Å². The normalized spacial score (nSPS) is 15.3. The summed E-state index contributed by atoms with van der Waals surface area (Å²) in [6.45, 7) is 8.95. The van der Waals surface area contributed by atoms with E-state index in [2.05, 4.69) is 4.72 Å². The second-order valence-electron chi connectivity index (χ2n) is 5.40. The Morgan fingerprint density at radius 3 is 2.11 bits per heavy atom. The van der Waals surface area contributed by atoms with Gasteiger partial charge in [-0.3, -0.25) is 0 Å². The van der Waals surface area contributed by atoms with E-state index in [-0.39, 0.29) is 6.54 Å². The van der Waals surface area contributed by atoms with Crippen molar-refractivity contribution in [1.29, 1.82) is 0 Å². The lowest BCUT2D eigenvalue weighted by Crippen LogP contribution is -2.40. The highest BCUT2D eigenvalue weighted by Gasteiger charge is 2.24. The van der Waals surface area contributed by atoms with Crippen LogP contribution in [-0.4, -0.2) is 25.7 Å². The maximum Gasteiger partial charge on any atom is 0.241 e. The molecule has 0 aromatic heterocycles. The van der Waals surface area contributed by atoms with Gasteiger partial charge in [0.1, 0.15) is 0 Å². The molecule has 0 saturated carbocycles. The average molecular weight is 285 g/mol. The predicted molar refractivity (Wildman–Crippen MR) is 76.8 cm³/mol. The Morgan fingerprint density at radius 2 is 1.68 bits per heavy atom. The van der Waals surface area contributed by atoms with Crippen molar-refractivity contribution >= 4 is 10.0 Å². The van der Waals surface area contributed by atoms with E-state index < -0.39 is 15.6 Å². The van der Waals surface area contributed by atoms with Crippen LogP contribution < -0.4 is 4.72 Å². The van der Waals surface area contributed by atoms with Crippen molar-refractivity contribution in [2.45, 2.75) is 51.5 Å². The largest absolute Gasteiger partial charge is 0.389 e. The monoisotopic (exact) mass is 285 g/mol. The summed E-state index contributed by atoms with van der Waals surface area (Å²) < 4.78 is 27.1. The molecule has 2 N–H and O–H groups in total. The van der Waals surface area contributed by atoms with E-state index in [1.165, 1.54) is 0 Å². The molecule has 108 valence electrons. The Balaban J connectivity index is 3.09. The minimum atomic E-state index is -3.59. The summed E-state index contributed by atoms with van der Waals surface area (Å²) in [6.07, 6.45) is 0.487. The number of benzene rings is 1. The highest BCUT2D eigenvalue weighted by Crippen LogP contribution is 2.22. The van der Waals surface area contributed by atoms with Crippen LogP contribution in [0.15, 0.2) is 17.0 Å².